The van der Waals surface area contributed by atoms with Gasteiger partial charge in [-0.15, -0.1) is 0 Å². The Morgan fingerprint density at radius 1 is 1.04 bits per heavy atom. The lowest BCUT2D eigenvalue weighted by atomic mass is 9.90. The van der Waals surface area contributed by atoms with Gasteiger partial charge in [0.05, 0.1) is 12.6 Å². The number of imide groups is 1. The number of fused-ring (bicyclic) bond motifs is 1. The van der Waals surface area contributed by atoms with Gasteiger partial charge in [-0.1, -0.05) is 66.2 Å². The number of halogens is 1. The van der Waals surface area contributed by atoms with Crippen molar-refractivity contribution in [1.82, 2.24) is 10.2 Å². The lowest BCUT2D eigenvalue weighted by molar-refractivity contribution is -0.132. The number of aliphatic hydroxyl groups is 1. The Labute approximate surface area is 167 Å². The predicted octanol–water partition coefficient (Wildman–Crippen LogP) is 3.99. The van der Waals surface area contributed by atoms with E-state index in [1.165, 1.54) is 0 Å². The number of urea groups is 1. The Kier molecular flexibility index (Phi) is 4.57. The second-order valence-electron chi connectivity index (χ2n) is 7.07. The minimum atomic E-state index is -1.19. The number of amides is 3. The first-order valence-electron chi connectivity index (χ1n) is 8.96. The van der Waals surface area contributed by atoms with Gasteiger partial charge in [0.15, 0.2) is 0 Å². The molecule has 3 amide bonds. The minimum Gasteiger partial charge on any atom is -0.386 e. The van der Waals surface area contributed by atoms with Crippen molar-refractivity contribution in [3.63, 3.8) is 0 Å². The van der Waals surface area contributed by atoms with Crippen molar-refractivity contribution in [3.8, 4) is 0 Å². The molecule has 3 aromatic rings. The van der Waals surface area contributed by atoms with Crippen molar-refractivity contribution < 1.29 is 14.7 Å². The molecule has 0 aromatic heterocycles. The molecule has 28 heavy (non-hydrogen) atoms. The van der Waals surface area contributed by atoms with Gasteiger partial charge in [0, 0.05) is 10.6 Å². The predicted molar refractivity (Wildman–Crippen MR) is 108 cm³/mol. The molecular weight excluding hydrogens is 376 g/mol. The van der Waals surface area contributed by atoms with E-state index < -0.39 is 23.6 Å². The number of hydrogen-bond donors (Lipinski definition) is 2. The van der Waals surface area contributed by atoms with E-state index in [4.69, 9.17) is 11.6 Å². The van der Waals surface area contributed by atoms with E-state index in [1.807, 2.05) is 42.5 Å². The van der Waals surface area contributed by atoms with E-state index in [1.54, 1.807) is 31.2 Å². The first kappa shape index (κ1) is 18.5. The summed E-state index contributed by atoms with van der Waals surface area (Å²) < 4.78 is 0. The molecule has 0 bridgehead atoms. The number of rotatable bonds is 4. The molecule has 2 N–H and O–H groups in total. The third-order valence-electron chi connectivity index (χ3n) is 5.22. The first-order chi connectivity index (χ1) is 13.4. The zero-order valence-corrected chi connectivity index (χ0v) is 16.0. The van der Waals surface area contributed by atoms with E-state index in [0.29, 0.717) is 16.1 Å². The fourth-order valence-electron chi connectivity index (χ4n) is 3.58. The number of aliphatic hydroxyl groups excluding tert-OH is 1. The maximum atomic E-state index is 13.1. The van der Waals surface area contributed by atoms with Crippen molar-refractivity contribution in [2.24, 2.45) is 0 Å². The van der Waals surface area contributed by atoms with E-state index >= 15 is 0 Å². The highest BCUT2D eigenvalue weighted by molar-refractivity contribution is 6.31. The molecule has 1 aliphatic heterocycles. The molecular formula is C22H19ClN2O3. The number of carbonyl (C=O) groups excluding carboxylic acids is 2. The highest BCUT2D eigenvalue weighted by Crippen LogP contribution is 2.32. The van der Waals surface area contributed by atoms with Gasteiger partial charge in [0.1, 0.15) is 5.54 Å². The number of nitrogens with one attached hydrogen (secondary N) is 1. The molecule has 0 spiro atoms. The van der Waals surface area contributed by atoms with E-state index in [9.17, 15) is 14.7 Å². The monoisotopic (exact) mass is 394 g/mol. The smallest absolute Gasteiger partial charge is 0.325 e. The SMILES string of the molecule is CC1(c2ccc3ccccc3c2)NC(=O)N(CC(O)c2ccccc2Cl)C1=O. The fraction of sp³-hybridized carbons (Fsp3) is 0.182. The lowest BCUT2D eigenvalue weighted by Gasteiger charge is -2.23. The molecule has 0 radical (unpaired) electrons. The van der Waals surface area contributed by atoms with Crippen molar-refractivity contribution in [2.45, 2.75) is 18.6 Å². The van der Waals surface area contributed by atoms with Gasteiger partial charge in [-0.05, 0) is 35.4 Å². The second-order valence-corrected chi connectivity index (χ2v) is 7.48. The van der Waals surface area contributed by atoms with E-state index in [-0.39, 0.29) is 6.54 Å². The molecule has 1 aliphatic rings. The van der Waals surface area contributed by atoms with Gasteiger partial charge in [0.25, 0.3) is 5.91 Å². The second kappa shape index (κ2) is 6.93. The standard InChI is InChI=1S/C22H19ClN2O3/c1-22(16-11-10-14-6-2-3-7-15(14)12-16)20(27)25(21(28)24-22)13-19(26)17-8-4-5-9-18(17)23/h2-12,19,26H,13H2,1H3,(H,24,28). The Morgan fingerprint density at radius 2 is 1.71 bits per heavy atom. The molecule has 4 rings (SSSR count). The summed E-state index contributed by atoms with van der Waals surface area (Å²) in [5, 5.41) is 15.7. The van der Waals surface area contributed by atoms with Crippen LogP contribution in [0.3, 0.4) is 0 Å². The van der Waals surface area contributed by atoms with Crippen LogP contribution < -0.4 is 5.32 Å². The van der Waals surface area contributed by atoms with Crippen molar-refractivity contribution in [1.29, 1.82) is 0 Å². The molecule has 2 unspecified atom stereocenters. The van der Waals surface area contributed by atoms with Crippen LogP contribution in [-0.4, -0.2) is 28.5 Å². The molecule has 5 nitrogen and oxygen atoms in total. The molecule has 1 heterocycles. The molecule has 1 saturated heterocycles. The summed E-state index contributed by atoms with van der Waals surface area (Å²) in [7, 11) is 0. The fourth-order valence-corrected chi connectivity index (χ4v) is 3.84. The van der Waals surface area contributed by atoms with Crippen LogP contribution in [0.5, 0.6) is 0 Å². The quantitative estimate of drug-likeness (QED) is 0.657. The minimum absolute atomic E-state index is 0.169. The normalized spacial score (nSPS) is 20.5. The molecule has 142 valence electrons. The summed E-state index contributed by atoms with van der Waals surface area (Å²) in [4.78, 5) is 26.7. The van der Waals surface area contributed by atoms with Gasteiger partial charge in [-0.3, -0.25) is 9.69 Å². The maximum absolute atomic E-state index is 13.1. The summed E-state index contributed by atoms with van der Waals surface area (Å²) in [6, 6.07) is 19.8. The third-order valence-corrected chi connectivity index (χ3v) is 5.57. The van der Waals surface area contributed by atoms with Crippen LogP contribution in [0.15, 0.2) is 66.7 Å². The van der Waals surface area contributed by atoms with Crippen LogP contribution in [-0.2, 0) is 10.3 Å². The molecule has 0 saturated carbocycles. The summed E-state index contributed by atoms with van der Waals surface area (Å²) in [6.07, 6.45) is -1.07. The number of hydrogen-bond acceptors (Lipinski definition) is 3. The van der Waals surface area contributed by atoms with Gasteiger partial charge in [-0.25, -0.2) is 4.79 Å². The number of carbonyl (C=O) groups is 2. The number of nitrogens with zero attached hydrogens (tertiary/aromatic N) is 1. The first-order valence-corrected chi connectivity index (χ1v) is 9.34. The number of β-amino-alcohol motifs (C(OH)–C–C–N with tert-alkyl or cyclic N) is 1. The van der Waals surface area contributed by atoms with Gasteiger partial charge in [0.2, 0.25) is 0 Å². The Balaban J connectivity index is 1.63. The molecule has 3 aromatic carbocycles. The summed E-state index contributed by atoms with van der Waals surface area (Å²) in [6.45, 7) is 1.51. The van der Waals surface area contributed by atoms with Gasteiger partial charge < -0.3 is 10.4 Å². The molecule has 1 fully saturated rings. The highest BCUT2D eigenvalue weighted by atomic mass is 35.5. The molecule has 0 aliphatic carbocycles. The third kappa shape index (κ3) is 3.03. The average molecular weight is 395 g/mol. The van der Waals surface area contributed by atoms with Crippen LogP contribution in [0.2, 0.25) is 5.02 Å². The molecule has 6 heteroatoms. The van der Waals surface area contributed by atoms with Gasteiger partial charge >= 0.3 is 6.03 Å². The summed E-state index contributed by atoms with van der Waals surface area (Å²) in [5.41, 5.74) is -0.0234. The summed E-state index contributed by atoms with van der Waals surface area (Å²) >= 11 is 6.12. The van der Waals surface area contributed by atoms with E-state index in [0.717, 1.165) is 15.7 Å². The Bertz CT molecular complexity index is 1080. The van der Waals surface area contributed by atoms with Crippen molar-refractivity contribution in [2.75, 3.05) is 6.54 Å². The Hall–Kier alpha value is -2.89. The largest absolute Gasteiger partial charge is 0.386 e. The zero-order valence-electron chi connectivity index (χ0n) is 15.2. The van der Waals surface area contributed by atoms with Crippen LogP contribution in [0.4, 0.5) is 4.79 Å². The van der Waals surface area contributed by atoms with Crippen LogP contribution in [0, 0.1) is 0 Å². The van der Waals surface area contributed by atoms with Crippen LogP contribution >= 0.6 is 11.6 Å². The lowest BCUT2D eigenvalue weighted by Crippen LogP contribution is -2.41. The zero-order chi connectivity index (χ0) is 19.9. The van der Waals surface area contributed by atoms with Crippen molar-refractivity contribution in [3.05, 3.63) is 82.9 Å². The Morgan fingerprint density at radius 3 is 2.46 bits per heavy atom. The number of benzene rings is 3. The topological polar surface area (TPSA) is 69.6 Å². The average Bonchev–Trinajstić information content (AvgIpc) is 2.92. The van der Waals surface area contributed by atoms with Crippen LogP contribution in [0.1, 0.15) is 24.2 Å². The van der Waals surface area contributed by atoms with Crippen molar-refractivity contribution >= 4 is 34.3 Å². The van der Waals surface area contributed by atoms with E-state index in [2.05, 4.69) is 5.32 Å². The maximum Gasteiger partial charge on any atom is 0.325 e. The highest BCUT2D eigenvalue weighted by Gasteiger charge is 2.49. The van der Waals surface area contributed by atoms with Crippen LogP contribution in [0.25, 0.3) is 10.8 Å². The molecule has 2 atom stereocenters. The summed E-state index contributed by atoms with van der Waals surface area (Å²) in [5.74, 6) is -0.404. The van der Waals surface area contributed by atoms with Gasteiger partial charge in [-0.2, -0.15) is 0 Å².